The van der Waals surface area contributed by atoms with Crippen LogP contribution in [0.5, 0.6) is 0 Å². The third-order valence-corrected chi connectivity index (χ3v) is 5.23. The standard InChI is InChI=1S/C18H21FN2O3S/c1-15(22)21(13-11-16-7-9-17(19)10-8-16)14-12-20-25(23,24)18-5-3-2-4-6-18/h2-10,20H,11-14H2,1H3. The Balaban J connectivity index is 1.87. The number of carbonyl (C=O) groups excluding carboxylic acids is 1. The second kappa shape index (κ2) is 8.73. The molecular weight excluding hydrogens is 343 g/mol. The number of rotatable bonds is 8. The van der Waals surface area contributed by atoms with Gasteiger partial charge in [0, 0.05) is 26.6 Å². The van der Waals surface area contributed by atoms with Crippen molar-refractivity contribution >= 4 is 15.9 Å². The average Bonchev–Trinajstić information content (AvgIpc) is 2.60. The molecule has 0 unspecified atom stereocenters. The minimum absolute atomic E-state index is 0.125. The monoisotopic (exact) mass is 364 g/mol. The summed E-state index contributed by atoms with van der Waals surface area (Å²) in [4.78, 5) is 13.5. The Hall–Kier alpha value is -2.25. The van der Waals surface area contributed by atoms with Crippen molar-refractivity contribution < 1.29 is 17.6 Å². The Kier molecular flexibility index (Phi) is 6.66. The normalized spacial score (nSPS) is 11.3. The highest BCUT2D eigenvalue weighted by atomic mass is 32.2. The number of hydrogen-bond acceptors (Lipinski definition) is 3. The van der Waals surface area contributed by atoms with Gasteiger partial charge in [-0.25, -0.2) is 17.5 Å². The summed E-state index contributed by atoms with van der Waals surface area (Å²) in [6.45, 7) is 2.27. The van der Waals surface area contributed by atoms with E-state index in [-0.39, 0.29) is 29.7 Å². The molecule has 25 heavy (non-hydrogen) atoms. The van der Waals surface area contributed by atoms with E-state index in [2.05, 4.69) is 4.72 Å². The SMILES string of the molecule is CC(=O)N(CCNS(=O)(=O)c1ccccc1)CCc1ccc(F)cc1. The summed E-state index contributed by atoms with van der Waals surface area (Å²) in [5.74, 6) is -0.441. The molecule has 0 saturated carbocycles. The van der Waals surface area contributed by atoms with Crippen molar-refractivity contribution in [2.45, 2.75) is 18.2 Å². The van der Waals surface area contributed by atoms with Crippen molar-refractivity contribution in [3.63, 3.8) is 0 Å². The Bertz CT molecular complexity index is 793. The fourth-order valence-corrected chi connectivity index (χ4v) is 3.38. The lowest BCUT2D eigenvalue weighted by Gasteiger charge is -2.21. The number of nitrogens with zero attached hydrogens (tertiary/aromatic N) is 1. The van der Waals surface area contributed by atoms with Gasteiger partial charge in [-0.1, -0.05) is 30.3 Å². The van der Waals surface area contributed by atoms with Gasteiger partial charge in [0.1, 0.15) is 5.82 Å². The number of hydrogen-bond donors (Lipinski definition) is 1. The van der Waals surface area contributed by atoms with E-state index in [4.69, 9.17) is 0 Å². The summed E-state index contributed by atoms with van der Waals surface area (Å²) < 4.78 is 39.7. The molecule has 5 nitrogen and oxygen atoms in total. The van der Waals surface area contributed by atoms with Crippen LogP contribution in [0.1, 0.15) is 12.5 Å². The summed E-state index contributed by atoms with van der Waals surface area (Å²) >= 11 is 0. The molecule has 1 N–H and O–H groups in total. The van der Waals surface area contributed by atoms with Crippen LogP contribution in [0.15, 0.2) is 59.5 Å². The maximum atomic E-state index is 12.9. The van der Waals surface area contributed by atoms with Crippen LogP contribution in [-0.2, 0) is 21.2 Å². The summed E-state index contributed by atoms with van der Waals surface area (Å²) in [6.07, 6.45) is 0.575. The maximum Gasteiger partial charge on any atom is 0.240 e. The van der Waals surface area contributed by atoms with Crippen molar-refractivity contribution in [3.05, 3.63) is 66.0 Å². The van der Waals surface area contributed by atoms with E-state index < -0.39 is 10.0 Å². The first-order valence-electron chi connectivity index (χ1n) is 7.93. The number of halogens is 1. The molecule has 0 fully saturated rings. The van der Waals surface area contributed by atoms with Crippen LogP contribution in [0.3, 0.4) is 0 Å². The van der Waals surface area contributed by atoms with Crippen LogP contribution >= 0.6 is 0 Å². The van der Waals surface area contributed by atoms with Crippen LogP contribution in [0, 0.1) is 5.82 Å². The third-order valence-electron chi connectivity index (χ3n) is 3.76. The molecule has 0 atom stereocenters. The van der Waals surface area contributed by atoms with Gasteiger partial charge in [-0.05, 0) is 36.2 Å². The van der Waals surface area contributed by atoms with Gasteiger partial charge in [-0.15, -0.1) is 0 Å². The van der Waals surface area contributed by atoms with Gasteiger partial charge in [0.15, 0.2) is 0 Å². The molecule has 134 valence electrons. The van der Waals surface area contributed by atoms with Gasteiger partial charge >= 0.3 is 0 Å². The van der Waals surface area contributed by atoms with Gasteiger partial charge < -0.3 is 4.90 Å². The Morgan fingerprint density at radius 1 is 1.04 bits per heavy atom. The van der Waals surface area contributed by atoms with Gasteiger partial charge in [-0.2, -0.15) is 0 Å². The van der Waals surface area contributed by atoms with Crippen LogP contribution in [0.4, 0.5) is 4.39 Å². The molecule has 0 aliphatic carbocycles. The molecular formula is C18H21FN2O3S. The van der Waals surface area contributed by atoms with Crippen LogP contribution in [-0.4, -0.2) is 38.9 Å². The number of nitrogens with one attached hydrogen (secondary N) is 1. The van der Waals surface area contributed by atoms with Crippen LogP contribution in [0.25, 0.3) is 0 Å². The first kappa shape index (κ1) is 19.1. The van der Waals surface area contributed by atoms with Crippen LogP contribution in [0.2, 0.25) is 0 Å². The van der Waals surface area contributed by atoms with E-state index in [0.717, 1.165) is 5.56 Å². The molecule has 2 rings (SSSR count). The van der Waals surface area contributed by atoms with Crippen molar-refractivity contribution in [2.75, 3.05) is 19.6 Å². The summed E-state index contributed by atoms with van der Waals surface area (Å²) in [5.41, 5.74) is 0.914. The molecule has 0 aliphatic rings. The number of benzene rings is 2. The minimum atomic E-state index is -3.58. The highest BCUT2D eigenvalue weighted by molar-refractivity contribution is 7.89. The molecule has 2 aromatic rings. The first-order valence-corrected chi connectivity index (χ1v) is 9.41. The lowest BCUT2D eigenvalue weighted by Crippen LogP contribution is -2.38. The van der Waals surface area contributed by atoms with Crippen molar-refractivity contribution in [1.82, 2.24) is 9.62 Å². The Morgan fingerprint density at radius 2 is 1.68 bits per heavy atom. The first-order chi connectivity index (χ1) is 11.9. The minimum Gasteiger partial charge on any atom is -0.341 e. The zero-order valence-corrected chi connectivity index (χ0v) is 14.8. The predicted octanol–water partition coefficient (Wildman–Crippen LogP) is 2.20. The molecule has 0 saturated heterocycles. The zero-order valence-electron chi connectivity index (χ0n) is 14.0. The molecule has 0 bridgehead atoms. The summed E-state index contributed by atoms with van der Waals surface area (Å²) in [7, 11) is -3.58. The topological polar surface area (TPSA) is 66.5 Å². The molecule has 0 radical (unpaired) electrons. The van der Waals surface area contributed by atoms with Gasteiger partial charge in [0.2, 0.25) is 15.9 Å². The lowest BCUT2D eigenvalue weighted by molar-refractivity contribution is -0.128. The van der Waals surface area contributed by atoms with E-state index >= 15 is 0 Å². The van der Waals surface area contributed by atoms with E-state index in [9.17, 15) is 17.6 Å². The number of sulfonamides is 1. The van der Waals surface area contributed by atoms with E-state index in [1.54, 1.807) is 35.2 Å². The molecule has 1 amide bonds. The van der Waals surface area contributed by atoms with E-state index in [1.807, 2.05) is 0 Å². The summed E-state index contributed by atoms with van der Waals surface area (Å²) in [6, 6.07) is 14.2. The fourth-order valence-electron chi connectivity index (χ4n) is 2.34. The maximum absolute atomic E-state index is 12.9. The molecule has 0 heterocycles. The van der Waals surface area contributed by atoms with Gasteiger partial charge in [0.25, 0.3) is 0 Å². The fraction of sp³-hybridized carbons (Fsp3) is 0.278. The zero-order chi connectivity index (χ0) is 18.3. The number of carbonyl (C=O) groups is 1. The van der Waals surface area contributed by atoms with Gasteiger partial charge in [0.05, 0.1) is 4.90 Å². The second-order valence-corrected chi connectivity index (χ2v) is 7.36. The second-order valence-electron chi connectivity index (χ2n) is 5.59. The molecule has 2 aromatic carbocycles. The van der Waals surface area contributed by atoms with Gasteiger partial charge in [-0.3, -0.25) is 4.79 Å². The van der Waals surface area contributed by atoms with Crippen molar-refractivity contribution in [2.24, 2.45) is 0 Å². The average molecular weight is 364 g/mol. The quantitative estimate of drug-likeness (QED) is 0.781. The van der Waals surface area contributed by atoms with Crippen molar-refractivity contribution in [1.29, 1.82) is 0 Å². The largest absolute Gasteiger partial charge is 0.341 e. The lowest BCUT2D eigenvalue weighted by atomic mass is 10.1. The highest BCUT2D eigenvalue weighted by Crippen LogP contribution is 2.07. The van der Waals surface area contributed by atoms with Crippen LogP contribution < -0.4 is 4.72 Å². The smallest absolute Gasteiger partial charge is 0.240 e. The number of amides is 1. The molecule has 0 aromatic heterocycles. The van der Waals surface area contributed by atoms with E-state index in [1.165, 1.54) is 31.2 Å². The Labute approximate surface area is 147 Å². The van der Waals surface area contributed by atoms with E-state index in [0.29, 0.717) is 13.0 Å². The Morgan fingerprint density at radius 3 is 2.28 bits per heavy atom. The molecule has 0 aliphatic heterocycles. The molecule has 7 heteroatoms. The highest BCUT2D eigenvalue weighted by Gasteiger charge is 2.14. The summed E-state index contributed by atoms with van der Waals surface area (Å²) in [5, 5.41) is 0. The molecule has 0 spiro atoms. The van der Waals surface area contributed by atoms with Crippen molar-refractivity contribution in [3.8, 4) is 0 Å². The predicted molar refractivity (Wildman–Crippen MR) is 94.0 cm³/mol. The third kappa shape index (κ3) is 5.95.